The smallest absolute Gasteiger partial charge is 0.227 e. The van der Waals surface area contributed by atoms with Crippen molar-refractivity contribution in [2.24, 2.45) is 5.92 Å². The van der Waals surface area contributed by atoms with Crippen LogP contribution in [0, 0.1) is 5.92 Å². The molecular weight excluding hydrogens is 316 g/mol. The first kappa shape index (κ1) is 16.6. The van der Waals surface area contributed by atoms with Crippen LogP contribution in [-0.4, -0.2) is 46.0 Å². The number of nitrogens with one attached hydrogen (secondary N) is 2. The van der Waals surface area contributed by atoms with Gasteiger partial charge in [0.05, 0.1) is 12.1 Å². The molecule has 0 aromatic carbocycles. The topological polar surface area (TPSA) is 78.1 Å². The van der Waals surface area contributed by atoms with Crippen molar-refractivity contribution in [2.45, 2.75) is 69.7 Å². The van der Waals surface area contributed by atoms with Gasteiger partial charge in [0, 0.05) is 36.3 Å². The van der Waals surface area contributed by atoms with E-state index < -0.39 is 0 Å². The van der Waals surface area contributed by atoms with Crippen molar-refractivity contribution in [2.75, 3.05) is 13.1 Å². The molecule has 1 saturated heterocycles. The van der Waals surface area contributed by atoms with Crippen LogP contribution in [0.5, 0.6) is 0 Å². The Bertz CT molecular complexity index is 635. The van der Waals surface area contributed by atoms with Gasteiger partial charge in [-0.2, -0.15) is 5.10 Å². The Kier molecular flexibility index (Phi) is 4.77. The molecular formula is C19H28N4O2. The summed E-state index contributed by atoms with van der Waals surface area (Å²) in [4.78, 5) is 27.4. The maximum absolute atomic E-state index is 12.7. The van der Waals surface area contributed by atoms with Crippen LogP contribution in [0.4, 0.5) is 0 Å². The Morgan fingerprint density at radius 1 is 1.12 bits per heavy atom. The molecule has 2 fully saturated rings. The highest BCUT2D eigenvalue weighted by Gasteiger charge is 2.34. The lowest BCUT2D eigenvalue weighted by Crippen LogP contribution is -2.42. The van der Waals surface area contributed by atoms with Gasteiger partial charge in [-0.05, 0) is 38.5 Å². The van der Waals surface area contributed by atoms with E-state index >= 15 is 0 Å². The lowest BCUT2D eigenvalue weighted by molar-refractivity contribution is -0.135. The fraction of sp³-hybridized carbons (Fsp3) is 0.737. The maximum atomic E-state index is 12.7. The number of carbonyl (C=O) groups excluding carboxylic acids is 2. The molecule has 2 atom stereocenters. The van der Waals surface area contributed by atoms with Crippen LogP contribution in [0.2, 0.25) is 0 Å². The minimum atomic E-state index is -0.0920. The van der Waals surface area contributed by atoms with E-state index in [-0.39, 0.29) is 23.8 Å². The monoisotopic (exact) mass is 344 g/mol. The number of likely N-dealkylation sites (tertiary alicyclic amines) is 1. The number of aromatic amines is 1. The third-order valence-electron chi connectivity index (χ3n) is 6.16. The van der Waals surface area contributed by atoms with Gasteiger partial charge >= 0.3 is 0 Å². The number of aromatic nitrogens is 2. The molecule has 6 heteroatoms. The van der Waals surface area contributed by atoms with Crippen LogP contribution in [-0.2, 0) is 16.0 Å². The predicted molar refractivity (Wildman–Crippen MR) is 94.0 cm³/mol. The number of H-pyrrole nitrogens is 1. The van der Waals surface area contributed by atoms with Crippen LogP contribution in [0.15, 0.2) is 6.20 Å². The lowest BCUT2D eigenvalue weighted by atomic mass is 9.86. The van der Waals surface area contributed by atoms with Gasteiger partial charge in [-0.3, -0.25) is 14.7 Å². The van der Waals surface area contributed by atoms with Gasteiger partial charge in [0.1, 0.15) is 0 Å². The van der Waals surface area contributed by atoms with Crippen LogP contribution < -0.4 is 5.32 Å². The molecule has 3 aliphatic rings. The SMILES string of the molecule is O=C(N[C@@H]1CCN(C(=O)C2CCCCC2)C1)[C@@H]1CCCc2[nH]ncc21. The van der Waals surface area contributed by atoms with E-state index in [0.717, 1.165) is 56.3 Å². The quantitative estimate of drug-likeness (QED) is 0.882. The fourth-order valence-corrected chi connectivity index (χ4v) is 4.72. The van der Waals surface area contributed by atoms with Crippen molar-refractivity contribution in [1.29, 1.82) is 0 Å². The first-order valence-corrected chi connectivity index (χ1v) is 9.83. The van der Waals surface area contributed by atoms with Crippen molar-refractivity contribution in [3.05, 3.63) is 17.5 Å². The molecule has 0 unspecified atom stereocenters. The second kappa shape index (κ2) is 7.18. The third-order valence-corrected chi connectivity index (χ3v) is 6.16. The van der Waals surface area contributed by atoms with Gasteiger partial charge in [0.15, 0.2) is 0 Å². The molecule has 1 saturated carbocycles. The molecule has 0 spiro atoms. The molecule has 4 rings (SSSR count). The van der Waals surface area contributed by atoms with E-state index in [1.165, 1.54) is 19.3 Å². The highest BCUT2D eigenvalue weighted by Crippen LogP contribution is 2.31. The van der Waals surface area contributed by atoms with Crippen LogP contribution >= 0.6 is 0 Å². The van der Waals surface area contributed by atoms with Crippen molar-refractivity contribution < 1.29 is 9.59 Å². The van der Waals surface area contributed by atoms with Gasteiger partial charge in [0.25, 0.3) is 0 Å². The lowest BCUT2D eigenvalue weighted by Gasteiger charge is -2.27. The van der Waals surface area contributed by atoms with Gasteiger partial charge in [-0.15, -0.1) is 0 Å². The van der Waals surface area contributed by atoms with Crippen molar-refractivity contribution >= 4 is 11.8 Å². The van der Waals surface area contributed by atoms with Crippen LogP contribution in [0.25, 0.3) is 0 Å². The number of hydrogen-bond acceptors (Lipinski definition) is 3. The second-order valence-corrected chi connectivity index (χ2v) is 7.86. The summed E-state index contributed by atoms with van der Waals surface area (Å²) in [5.41, 5.74) is 2.16. The Labute approximate surface area is 148 Å². The van der Waals surface area contributed by atoms with Gasteiger partial charge in [-0.1, -0.05) is 19.3 Å². The third kappa shape index (κ3) is 3.44. The number of fused-ring (bicyclic) bond motifs is 1. The van der Waals surface area contributed by atoms with Crippen molar-refractivity contribution in [1.82, 2.24) is 20.4 Å². The number of carbonyl (C=O) groups is 2. The van der Waals surface area contributed by atoms with E-state index in [4.69, 9.17) is 0 Å². The number of aryl methyl sites for hydroxylation is 1. The van der Waals surface area contributed by atoms with E-state index in [1.807, 2.05) is 4.90 Å². The fourth-order valence-electron chi connectivity index (χ4n) is 4.72. The van der Waals surface area contributed by atoms with E-state index in [0.29, 0.717) is 12.5 Å². The summed E-state index contributed by atoms with van der Waals surface area (Å²) in [6.45, 7) is 1.45. The number of amides is 2. The molecule has 1 aromatic heterocycles. The summed E-state index contributed by atoms with van der Waals surface area (Å²) in [5.74, 6) is 0.534. The first-order chi connectivity index (χ1) is 12.2. The normalized spacial score (nSPS) is 27.1. The molecule has 0 bridgehead atoms. The molecule has 136 valence electrons. The summed E-state index contributed by atoms with van der Waals surface area (Å²) in [5, 5.41) is 10.3. The Balaban J connectivity index is 1.32. The minimum Gasteiger partial charge on any atom is -0.351 e. The minimum absolute atomic E-state index is 0.0920. The average molecular weight is 344 g/mol. The van der Waals surface area contributed by atoms with E-state index in [9.17, 15) is 9.59 Å². The number of hydrogen-bond donors (Lipinski definition) is 2. The van der Waals surface area contributed by atoms with Crippen LogP contribution in [0.1, 0.15) is 68.5 Å². The average Bonchev–Trinajstić information content (AvgIpc) is 3.30. The van der Waals surface area contributed by atoms with Gasteiger partial charge < -0.3 is 10.2 Å². The molecule has 2 amide bonds. The second-order valence-electron chi connectivity index (χ2n) is 7.86. The standard InChI is InChI=1S/C19H28N4O2/c24-18(15-7-4-8-17-16(15)11-20-22-17)21-14-9-10-23(12-14)19(25)13-5-2-1-3-6-13/h11,13-15H,1-10,12H2,(H,20,22)(H,21,24)/t14-,15-/m1/s1. The summed E-state index contributed by atoms with van der Waals surface area (Å²) in [6, 6.07) is 0.0947. The van der Waals surface area contributed by atoms with Crippen molar-refractivity contribution in [3.8, 4) is 0 Å². The summed E-state index contributed by atoms with van der Waals surface area (Å²) < 4.78 is 0. The predicted octanol–water partition coefficient (Wildman–Crippen LogP) is 2.13. The zero-order chi connectivity index (χ0) is 17.2. The van der Waals surface area contributed by atoms with Crippen molar-refractivity contribution in [3.63, 3.8) is 0 Å². The molecule has 6 nitrogen and oxygen atoms in total. The zero-order valence-electron chi connectivity index (χ0n) is 14.8. The highest BCUT2D eigenvalue weighted by atomic mass is 16.2. The van der Waals surface area contributed by atoms with Gasteiger partial charge in [-0.25, -0.2) is 0 Å². The molecule has 1 aromatic rings. The number of nitrogens with zero attached hydrogens (tertiary/aromatic N) is 2. The summed E-state index contributed by atoms with van der Waals surface area (Å²) in [7, 11) is 0. The van der Waals surface area contributed by atoms with E-state index in [2.05, 4.69) is 15.5 Å². The molecule has 25 heavy (non-hydrogen) atoms. The van der Waals surface area contributed by atoms with E-state index in [1.54, 1.807) is 6.20 Å². The van der Waals surface area contributed by atoms with Crippen LogP contribution in [0.3, 0.4) is 0 Å². The molecule has 2 heterocycles. The molecule has 0 radical (unpaired) electrons. The number of rotatable bonds is 3. The maximum Gasteiger partial charge on any atom is 0.227 e. The molecule has 2 N–H and O–H groups in total. The summed E-state index contributed by atoms with van der Waals surface area (Å²) >= 11 is 0. The Morgan fingerprint density at radius 3 is 2.80 bits per heavy atom. The van der Waals surface area contributed by atoms with Gasteiger partial charge in [0.2, 0.25) is 11.8 Å². The highest BCUT2D eigenvalue weighted by molar-refractivity contribution is 5.84. The Hall–Kier alpha value is -1.85. The summed E-state index contributed by atoms with van der Waals surface area (Å²) in [6.07, 6.45) is 11.3. The molecule has 1 aliphatic heterocycles. The largest absolute Gasteiger partial charge is 0.351 e. The zero-order valence-corrected chi connectivity index (χ0v) is 14.8. The Morgan fingerprint density at radius 2 is 1.96 bits per heavy atom. The molecule has 2 aliphatic carbocycles. The first-order valence-electron chi connectivity index (χ1n) is 9.83.